The third kappa shape index (κ3) is 2.68. The number of halogens is 1. The normalized spacial score (nSPS) is 11.3. The SMILES string of the molecule is Cc1ccc2c(c1)oc1c(-c3cc(-c4ccc(F)cc4)ccn3)cccc12. The lowest BCUT2D eigenvalue weighted by Crippen LogP contribution is -1.86. The Bertz CT molecular complexity index is 1290. The van der Waals surface area contributed by atoms with Gasteiger partial charge in [-0.15, -0.1) is 0 Å². The molecule has 3 aromatic carbocycles. The number of rotatable bonds is 2. The average molecular weight is 353 g/mol. The molecule has 5 aromatic rings. The predicted molar refractivity (Wildman–Crippen MR) is 107 cm³/mol. The van der Waals surface area contributed by atoms with Crippen LogP contribution in [0.5, 0.6) is 0 Å². The molecule has 0 aliphatic carbocycles. The first-order chi connectivity index (χ1) is 13.2. The molecule has 2 heterocycles. The smallest absolute Gasteiger partial charge is 0.144 e. The summed E-state index contributed by atoms with van der Waals surface area (Å²) in [6.07, 6.45) is 1.78. The minimum Gasteiger partial charge on any atom is -0.455 e. The molecule has 0 amide bonds. The molecule has 5 rings (SSSR count). The van der Waals surface area contributed by atoms with Gasteiger partial charge in [0, 0.05) is 22.5 Å². The summed E-state index contributed by atoms with van der Waals surface area (Å²) in [7, 11) is 0. The second-order valence-corrected chi connectivity index (χ2v) is 6.72. The highest BCUT2D eigenvalue weighted by atomic mass is 19.1. The summed E-state index contributed by atoms with van der Waals surface area (Å²) in [6.45, 7) is 2.06. The standard InChI is InChI=1S/C24H16FNO/c1-15-5-10-19-20-3-2-4-21(24(20)27-23(19)13-15)22-14-17(11-12-26-22)16-6-8-18(25)9-7-16/h2-14H,1H3. The number of fused-ring (bicyclic) bond motifs is 3. The summed E-state index contributed by atoms with van der Waals surface area (Å²) < 4.78 is 19.4. The number of aryl methyl sites for hydroxylation is 1. The van der Waals surface area contributed by atoms with Gasteiger partial charge in [-0.3, -0.25) is 4.98 Å². The Morgan fingerprint density at radius 1 is 0.815 bits per heavy atom. The molecule has 0 unspecified atom stereocenters. The van der Waals surface area contributed by atoms with E-state index in [-0.39, 0.29) is 5.82 Å². The highest BCUT2D eigenvalue weighted by molar-refractivity contribution is 6.09. The molecule has 0 saturated carbocycles. The van der Waals surface area contributed by atoms with Crippen molar-refractivity contribution in [2.75, 3.05) is 0 Å². The monoisotopic (exact) mass is 353 g/mol. The van der Waals surface area contributed by atoms with E-state index in [1.54, 1.807) is 18.3 Å². The van der Waals surface area contributed by atoms with E-state index in [0.717, 1.165) is 44.3 Å². The molecule has 2 aromatic heterocycles. The summed E-state index contributed by atoms with van der Waals surface area (Å²) in [5, 5.41) is 2.18. The van der Waals surface area contributed by atoms with Gasteiger partial charge in [0.05, 0.1) is 5.69 Å². The van der Waals surface area contributed by atoms with Gasteiger partial charge >= 0.3 is 0 Å². The Labute approximate surface area is 155 Å². The van der Waals surface area contributed by atoms with E-state index >= 15 is 0 Å². The molecule has 130 valence electrons. The van der Waals surface area contributed by atoms with Crippen LogP contribution < -0.4 is 0 Å². The van der Waals surface area contributed by atoms with Crippen LogP contribution in [0.25, 0.3) is 44.3 Å². The fourth-order valence-corrected chi connectivity index (χ4v) is 3.51. The quantitative estimate of drug-likeness (QED) is 0.350. The van der Waals surface area contributed by atoms with Crippen LogP contribution in [0, 0.1) is 12.7 Å². The second-order valence-electron chi connectivity index (χ2n) is 6.72. The van der Waals surface area contributed by atoms with Gasteiger partial charge in [0.25, 0.3) is 0 Å². The van der Waals surface area contributed by atoms with Crippen molar-refractivity contribution in [2.24, 2.45) is 0 Å². The lowest BCUT2D eigenvalue weighted by atomic mass is 10.0. The van der Waals surface area contributed by atoms with E-state index < -0.39 is 0 Å². The maximum atomic E-state index is 13.2. The van der Waals surface area contributed by atoms with E-state index in [1.165, 1.54) is 17.7 Å². The summed E-state index contributed by atoms with van der Waals surface area (Å²) in [4.78, 5) is 4.56. The Hall–Kier alpha value is -3.46. The number of pyridine rings is 1. The molecule has 0 spiro atoms. The molecule has 0 radical (unpaired) electrons. The number of aromatic nitrogens is 1. The topological polar surface area (TPSA) is 26.0 Å². The Morgan fingerprint density at radius 2 is 1.67 bits per heavy atom. The first-order valence-electron chi connectivity index (χ1n) is 8.83. The van der Waals surface area contributed by atoms with Crippen molar-refractivity contribution in [1.82, 2.24) is 4.98 Å². The third-order valence-corrected chi connectivity index (χ3v) is 4.87. The Kier molecular flexibility index (Phi) is 3.54. The first kappa shape index (κ1) is 15.8. The number of hydrogen-bond donors (Lipinski definition) is 0. The lowest BCUT2D eigenvalue weighted by molar-refractivity contribution is 0.628. The number of nitrogens with zero attached hydrogens (tertiary/aromatic N) is 1. The van der Waals surface area contributed by atoms with E-state index in [1.807, 2.05) is 24.3 Å². The van der Waals surface area contributed by atoms with Crippen LogP contribution in [0.15, 0.2) is 83.4 Å². The molecule has 0 N–H and O–H groups in total. The first-order valence-corrected chi connectivity index (χ1v) is 8.83. The third-order valence-electron chi connectivity index (χ3n) is 4.87. The Morgan fingerprint density at radius 3 is 2.52 bits per heavy atom. The summed E-state index contributed by atoms with van der Waals surface area (Å²) in [5.41, 5.74) is 6.61. The zero-order valence-electron chi connectivity index (χ0n) is 14.7. The van der Waals surface area contributed by atoms with Gasteiger partial charge in [-0.1, -0.05) is 36.4 Å². The van der Waals surface area contributed by atoms with Crippen LogP contribution in [-0.4, -0.2) is 4.98 Å². The van der Waals surface area contributed by atoms with Crippen LogP contribution in [0.3, 0.4) is 0 Å². The fourth-order valence-electron chi connectivity index (χ4n) is 3.51. The van der Waals surface area contributed by atoms with Crippen LogP contribution in [0.4, 0.5) is 4.39 Å². The average Bonchev–Trinajstić information content (AvgIpc) is 3.06. The molecule has 3 heteroatoms. The van der Waals surface area contributed by atoms with E-state index in [0.29, 0.717) is 0 Å². The van der Waals surface area contributed by atoms with Gasteiger partial charge in [-0.25, -0.2) is 4.39 Å². The van der Waals surface area contributed by atoms with Crippen molar-refractivity contribution < 1.29 is 8.81 Å². The summed E-state index contributed by atoms with van der Waals surface area (Å²) >= 11 is 0. The minimum absolute atomic E-state index is 0.240. The van der Waals surface area contributed by atoms with E-state index in [9.17, 15) is 4.39 Å². The van der Waals surface area contributed by atoms with E-state index in [2.05, 4.69) is 36.2 Å². The molecular formula is C24H16FNO. The van der Waals surface area contributed by atoms with Gasteiger partial charge < -0.3 is 4.42 Å². The van der Waals surface area contributed by atoms with Crippen molar-refractivity contribution in [3.63, 3.8) is 0 Å². The molecule has 0 bridgehead atoms. The van der Waals surface area contributed by atoms with Crippen molar-refractivity contribution in [3.05, 3.63) is 90.4 Å². The molecule has 0 saturated heterocycles. The molecule has 0 fully saturated rings. The van der Waals surface area contributed by atoms with Gasteiger partial charge in [0.15, 0.2) is 0 Å². The van der Waals surface area contributed by atoms with Gasteiger partial charge in [-0.2, -0.15) is 0 Å². The maximum absolute atomic E-state index is 13.2. The van der Waals surface area contributed by atoms with E-state index in [4.69, 9.17) is 4.42 Å². The largest absolute Gasteiger partial charge is 0.455 e. The zero-order valence-corrected chi connectivity index (χ0v) is 14.7. The zero-order chi connectivity index (χ0) is 18.4. The number of hydrogen-bond acceptors (Lipinski definition) is 2. The summed E-state index contributed by atoms with van der Waals surface area (Å²) in [5.74, 6) is -0.240. The highest BCUT2D eigenvalue weighted by Gasteiger charge is 2.13. The van der Waals surface area contributed by atoms with Crippen LogP contribution >= 0.6 is 0 Å². The second kappa shape index (κ2) is 6.06. The molecule has 27 heavy (non-hydrogen) atoms. The highest BCUT2D eigenvalue weighted by Crippen LogP contribution is 2.36. The Balaban J connectivity index is 1.70. The molecule has 2 nitrogen and oxygen atoms in total. The fraction of sp³-hybridized carbons (Fsp3) is 0.0417. The number of benzene rings is 3. The number of furan rings is 1. The van der Waals surface area contributed by atoms with Gasteiger partial charge in [0.1, 0.15) is 17.0 Å². The number of para-hydroxylation sites is 1. The summed E-state index contributed by atoms with van der Waals surface area (Å²) in [6, 6.07) is 22.8. The van der Waals surface area contributed by atoms with Gasteiger partial charge in [0.2, 0.25) is 0 Å². The van der Waals surface area contributed by atoms with Crippen molar-refractivity contribution in [2.45, 2.75) is 6.92 Å². The van der Waals surface area contributed by atoms with Crippen molar-refractivity contribution in [3.8, 4) is 22.4 Å². The van der Waals surface area contributed by atoms with Crippen LogP contribution in [0.2, 0.25) is 0 Å². The maximum Gasteiger partial charge on any atom is 0.144 e. The minimum atomic E-state index is -0.240. The molecular weight excluding hydrogens is 337 g/mol. The molecule has 0 aliphatic heterocycles. The van der Waals surface area contributed by atoms with Crippen molar-refractivity contribution in [1.29, 1.82) is 0 Å². The van der Waals surface area contributed by atoms with Gasteiger partial charge in [-0.05, 0) is 60.0 Å². The molecule has 0 aliphatic rings. The molecule has 0 atom stereocenters. The predicted octanol–water partition coefficient (Wildman–Crippen LogP) is 6.76. The van der Waals surface area contributed by atoms with Crippen molar-refractivity contribution >= 4 is 21.9 Å². The van der Waals surface area contributed by atoms with Crippen LogP contribution in [0.1, 0.15) is 5.56 Å². The lowest BCUT2D eigenvalue weighted by Gasteiger charge is -2.06. The van der Waals surface area contributed by atoms with Crippen LogP contribution in [-0.2, 0) is 0 Å².